The van der Waals surface area contributed by atoms with Crippen molar-refractivity contribution in [1.82, 2.24) is 10.2 Å². The van der Waals surface area contributed by atoms with Crippen molar-refractivity contribution >= 4 is 17.4 Å². The van der Waals surface area contributed by atoms with Gasteiger partial charge in [0.1, 0.15) is 11.9 Å². The lowest BCUT2D eigenvalue weighted by Gasteiger charge is -2.20. The van der Waals surface area contributed by atoms with E-state index in [-0.39, 0.29) is 11.9 Å². The Hall–Kier alpha value is -1.00. The third kappa shape index (κ3) is 2.08. The van der Waals surface area contributed by atoms with E-state index in [0.29, 0.717) is 30.3 Å². The van der Waals surface area contributed by atoms with Crippen LogP contribution < -0.4 is 0 Å². The number of carbonyl (C=O) groups is 1. The SMILES string of the molecule is O=C1CCOC(c2ccc(Cl)nn2)C1. The minimum absolute atomic E-state index is 0.206. The monoisotopic (exact) mass is 212 g/mol. The second-order valence-electron chi connectivity index (χ2n) is 3.13. The molecule has 1 aliphatic heterocycles. The molecule has 0 saturated carbocycles. The molecule has 1 atom stereocenters. The molecule has 14 heavy (non-hydrogen) atoms. The molecule has 0 radical (unpaired) electrons. The molecule has 1 saturated heterocycles. The van der Waals surface area contributed by atoms with Crippen LogP contribution in [0.15, 0.2) is 12.1 Å². The lowest BCUT2D eigenvalue weighted by molar-refractivity contribution is -0.128. The zero-order valence-electron chi connectivity index (χ0n) is 7.44. The van der Waals surface area contributed by atoms with Crippen LogP contribution in [-0.2, 0) is 9.53 Å². The number of ketones is 1. The Morgan fingerprint density at radius 3 is 2.93 bits per heavy atom. The fraction of sp³-hybridized carbons (Fsp3) is 0.444. The number of ether oxygens (including phenoxy) is 1. The van der Waals surface area contributed by atoms with Crippen LogP contribution in [0.25, 0.3) is 0 Å². The van der Waals surface area contributed by atoms with E-state index in [0.717, 1.165) is 0 Å². The van der Waals surface area contributed by atoms with E-state index in [1.807, 2.05) is 0 Å². The molecule has 1 aromatic heterocycles. The number of halogens is 1. The van der Waals surface area contributed by atoms with Gasteiger partial charge in [-0.05, 0) is 12.1 Å². The third-order valence-corrected chi connectivity index (χ3v) is 2.30. The summed E-state index contributed by atoms with van der Waals surface area (Å²) < 4.78 is 5.41. The maximum absolute atomic E-state index is 11.2. The fourth-order valence-corrected chi connectivity index (χ4v) is 1.47. The van der Waals surface area contributed by atoms with Crippen LogP contribution in [0, 0.1) is 0 Å². The van der Waals surface area contributed by atoms with E-state index in [1.54, 1.807) is 12.1 Å². The smallest absolute Gasteiger partial charge is 0.151 e. The molecule has 4 nitrogen and oxygen atoms in total. The van der Waals surface area contributed by atoms with Crippen molar-refractivity contribution in [3.8, 4) is 0 Å². The van der Waals surface area contributed by atoms with E-state index < -0.39 is 0 Å². The molecule has 0 aliphatic carbocycles. The number of hydrogen-bond donors (Lipinski definition) is 0. The molecular weight excluding hydrogens is 204 g/mol. The molecule has 0 aromatic carbocycles. The second-order valence-corrected chi connectivity index (χ2v) is 3.52. The predicted molar refractivity (Wildman–Crippen MR) is 50.0 cm³/mol. The highest BCUT2D eigenvalue weighted by Gasteiger charge is 2.22. The van der Waals surface area contributed by atoms with Crippen LogP contribution in [0.3, 0.4) is 0 Å². The standard InChI is InChI=1S/C9H9ClN2O2/c10-9-2-1-7(11-12-9)8-5-6(13)3-4-14-8/h1-2,8H,3-5H2. The fourth-order valence-electron chi connectivity index (χ4n) is 1.37. The Balaban J connectivity index is 2.14. The molecular formula is C9H9ClN2O2. The van der Waals surface area contributed by atoms with Crippen molar-refractivity contribution in [3.05, 3.63) is 23.0 Å². The van der Waals surface area contributed by atoms with Crippen LogP contribution in [-0.4, -0.2) is 22.6 Å². The highest BCUT2D eigenvalue weighted by molar-refractivity contribution is 6.29. The molecule has 5 heteroatoms. The molecule has 0 spiro atoms. The number of nitrogens with zero attached hydrogens (tertiary/aromatic N) is 2. The summed E-state index contributed by atoms with van der Waals surface area (Å²) in [5.41, 5.74) is 0.669. The molecule has 1 aromatic rings. The Morgan fingerprint density at radius 2 is 2.29 bits per heavy atom. The quantitative estimate of drug-likeness (QED) is 0.709. The summed E-state index contributed by atoms with van der Waals surface area (Å²) in [6.07, 6.45) is 0.634. The first-order valence-electron chi connectivity index (χ1n) is 4.38. The summed E-state index contributed by atoms with van der Waals surface area (Å²) in [4.78, 5) is 11.2. The first-order valence-corrected chi connectivity index (χ1v) is 4.76. The van der Waals surface area contributed by atoms with Crippen molar-refractivity contribution in [2.24, 2.45) is 0 Å². The van der Waals surface area contributed by atoms with Gasteiger partial charge in [-0.1, -0.05) is 11.6 Å². The van der Waals surface area contributed by atoms with Crippen LogP contribution in [0.2, 0.25) is 5.15 Å². The first-order chi connectivity index (χ1) is 6.75. The van der Waals surface area contributed by atoms with Crippen molar-refractivity contribution < 1.29 is 9.53 Å². The Labute approximate surface area is 86.2 Å². The third-order valence-electron chi connectivity index (χ3n) is 2.10. The summed E-state index contributed by atoms with van der Waals surface area (Å²) in [6.45, 7) is 0.466. The number of carbonyl (C=O) groups excluding carboxylic acids is 1. The zero-order chi connectivity index (χ0) is 9.97. The molecule has 2 heterocycles. The van der Waals surface area contributed by atoms with E-state index >= 15 is 0 Å². The van der Waals surface area contributed by atoms with Gasteiger partial charge in [-0.3, -0.25) is 4.79 Å². The first kappa shape index (κ1) is 9.55. The molecule has 0 amide bonds. The van der Waals surface area contributed by atoms with Gasteiger partial charge >= 0.3 is 0 Å². The summed E-state index contributed by atoms with van der Waals surface area (Å²) in [5.74, 6) is 0.206. The van der Waals surface area contributed by atoms with E-state index in [2.05, 4.69) is 10.2 Å². The number of hydrogen-bond acceptors (Lipinski definition) is 4. The number of Topliss-reactive ketones (excluding diaryl/α,β-unsaturated/α-hetero) is 1. The predicted octanol–water partition coefficient (Wildman–Crippen LogP) is 1.55. The lowest BCUT2D eigenvalue weighted by atomic mass is 10.1. The molecule has 74 valence electrons. The molecule has 1 aliphatic rings. The average Bonchev–Trinajstić information content (AvgIpc) is 2.19. The van der Waals surface area contributed by atoms with Crippen LogP contribution in [0.1, 0.15) is 24.6 Å². The minimum atomic E-state index is -0.249. The van der Waals surface area contributed by atoms with Gasteiger partial charge in [-0.25, -0.2) is 0 Å². The van der Waals surface area contributed by atoms with Crippen LogP contribution in [0.4, 0.5) is 0 Å². The normalized spacial score (nSPS) is 22.4. The van der Waals surface area contributed by atoms with Gasteiger partial charge in [-0.2, -0.15) is 5.10 Å². The average molecular weight is 213 g/mol. The molecule has 1 unspecified atom stereocenters. The van der Waals surface area contributed by atoms with Gasteiger partial charge in [0.05, 0.1) is 12.3 Å². The highest BCUT2D eigenvalue weighted by atomic mass is 35.5. The maximum Gasteiger partial charge on any atom is 0.151 e. The molecule has 0 bridgehead atoms. The zero-order valence-corrected chi connectivity index (χ0v) is 8.20. The topological polar surface area (TPSA) is 52.1 Å². The highest BCUT2D eigenvalue weighted by Crippen LogP contribution is 2.24. The van der Waals surface area contributed by atoms with Gasteiger partial charge in [-0.15, -0.1) is 5.10 Å². The van der Waals surface area contributed by atoms with Gasteiger partial charge < -0.3 is 4.74 Å². The molecule has 0 N–H and O–H groups in total. The Kier molecular flexibility index (Phi) is 2.74. The Morgan fingerprint density at radius 1 is 1.43 bits per heavy atom. The summed E-state index contributed by atoms with van der Waals surface area (Å²) in [7, 11) is 0. The van der Waals surface area contributed by atoms with Gasteiger partial charge in [0.25, 0.3) is 0 Å². The van der Waals surface area contributed by atoms with E-state index in [9.17, 15) is 4.79 Å². The van der Waals surface area contributed by atoms with Gasteiger partial charge in [0.2, 0.25) is 0 Å². The lowest BCUT2D eigenvalue weighted by Crippen LogP contribution is -2.20. The van der Waals surface area contributed by atoms with Crippen LogP contribution >= 0.6 is 11.6 Å². The number of aromatic nitrogens is 2. The van der Waals surface area contributed by atoms with Gasteiger partial charge in [0, 0.05) is 12.8 Å². The van der Waals surface area contributed by atoms with Crippen LogP contribution in [0.5, 0.6) is 0 Å². The van der Waals surface area contributed by atoms with Crippen molar-refractivity contribution in [3.63, 3.8) is 0 Å². The minimum Gasteiger partial charge on any atom is -0.371 e. The summed E-state index contributed by atoms with van der Waals surface area (Å²) in [6, 6.07) is 3.38. The Bertz CT molecular complexity index is 339. The van der Waals surface area contributed by atoms with Gasteiger partial charge in [0.15, 0.2) is 5.15 Å². The maximum atomic E-state index is 11.2. The second kappa shape index (κ2) is 4.02. The van der Waals surface area contributed by atoms with Crippen molar-refractivity contribution in [2.75, 3.05) is 6.61 Å². The summed E-state index contributed by atoms with van der Waals surface area (Å²) in [5, 5.41) is 7.92. The molecule has 1 fully saturated rings. The summed E-state index contributed by atoms with van der Waals surface area (Å²) >= 11 is 5.60. The van der Waals surface area contributed by atoms with E-state index in [4.69, 9.17) is 16.3 Å². The van der Waals surface area contributed by atoms with Crippen molar-refractivity contribution in [1.29, 1.82) is 0 Å². The molecule has 2 rings (SSSR count). The largest absolute Gasteiger partial charge is 0.371 e. The van der Waals surface area contributed by atoms with E-state index in [1.165, 1.54) is 0 Å². The van der Waals surface area contributed by atoms with Crippen molar-refractivity contribution in [2.45, 2.75) is 18.9 Å². The number of rotatable bonds is 1.